The normalized spacial score (nSPS) is 10.7. The molecule has 1 aromatic rings. The third-order valence-corrected chi connectivity index (χ3v) is 2.36. The summed E-state index contributed by atoms with van der Waals surface area (Å²) in [5, 5.41) is 0. The SMILES string of the molecule is CC.CC/C(=C\c1[nH]cc(C)c1C)OC. The second-order valence-corrected chi connectivity index (χ2v) is 3.18. The average molecular weight is 209 g/mol. The summed E-state index contributed by atoms with van der Waals surface area (Å²) < 4.78 is 5.21. The van der Waals surface area contributed by atoms with E-state index in [-0.39, 0.29) is 0 Å². The van der Waals surface area contributed by atoms with Gasteiger partial charge in [0.15, 0.2) is 0 Å². The molecule has 0 saturated heterocycles. The zero-order valence-electron chi connectivity index (χ0n) is 10.8. The third kappa shape index (κ3) is 3.82. The van der Waals surface area contributed by atoms with Gasteiger partial charge in [-0.15, -0.1) is 0 Å². The molecule has 2 heteroatoms. The first-order chi connectivity index (χ1) is 7.19. The van der Waals surface area contributed by atoms with E-state index < -0.39 is 0 Å². The fourth-order valence-corrected chi connectivity index (χ4v) is 1.23. The molecule has 0 aliphatic carbocycles. The van der Waals surface area contributed by atoms with Gasteiger partial charge in [-0.05, 0) is 31.1 Å². The first-order valence-electron chi connectivity index (χ1n) is 5.58. The van der Waals surface area contributed by atoms with E-state index in [1.54, 1.807) is 7.11 Å². The Balaban J connectivity index is 0.000000921. The molecular weight excluding hydrogens is 186 g/mol. The van der Waals surface area contributed by atoms with Crippen LogP contribution in [0.25, 0.3) is 6.08 Å². The third-order valence-electron chi connectivity index (χ3n) is 2.36. The zero-order valence-corrected chi connectivity index (χ0v) is 10.8. The molecule has 0 spiro atoms. The van der Waals surface area contributed by atoms with Gasteiger partial charge >= 0.3 is 0 Å². The summed E-state index contributed by atoms with van der Waals surface area (Å²) in [6, 6.07) is 0. The highest BCUT2D eigenvalue weighted by Gasteiger charge is 2.01. The van der Waals surface area contributed by atoms with Crippen molar-refractivity contribution in [2.24, 2.45) is 0 Å². The highest BCUT2D eigenvalue weighted by molar-refractivity contribution is 5.53. The van der Waals surface area contributed by atoms with Gasteiger partial charge in [-0.2, -0.15) is 0 Å². The van der Waals surface area contributed by atoms with Gasteiger partial charge in [0, 0.05) is 18.3 Å². The summed E-state index contributed by atoms with van der Waals surface area (Å²) >= 11 is 0. The van der Waals surface area contributed by atoms with Gasteiger partial charge < -0.3 is 9.72 Å². The minimum absolute atomic E-state index is 0.925. The lowest BCUT2D eigenvalue weighted by molar-refractivity contribution is 0.285. The highest BCUT2D eigenvalue weighted by atomic mass is 16.5. The molecule has 0 radical (unpaired) electrons. The number of hydrogen-bond donors (Lipinski definition) is 1. The monoisotopic (exact) mass is 209 g/mol. The Morgan fingerprint density at radius 3 is 2.33 bits per heavy atom. The largest absolute Gasteiger partial charge is 0.501 e. The van der Waals surface area contributed by atoms with Crippen LogP contribution in [0.3, 0.4) is 0 Å². The molecule has 2 nitrogen and oxygen atoms in total. The zero-order chi connectivity index (χ0) is 11.8. The average Bonchev–Trinajstić information content (AvgIpc) is 2.60. The highest BCUT2D eigenvalue weighted by Crippen LogP contribution is 2.16. The Labute approximate surface area is 93.4 Å². The standard InChI is InChI=1S/C11H17NO.C2H6/c1-5-10(13-4)6-11-9(3)8(2)7-12-11;1-2/h6-7,12H,5H2,1-4H3;1-2H3/b10-6+;. The van der Waals surface area contributed by atoms with Crippen molar-refractivity contribution in [2.45, 2.75) is 41.0 Å². The quantitative estimate of drug-likeness (QED) is 0.746. The molecule has 1 heterocycles. The Hall–Kier alpha value is -1.18. The number of aromatic amines is 1. The summed E-state index contributed by atoms with van der Waals surface area (Å²) in [5.74, 6) is 1.00. The van der Waals surface area contributed by atoms with E-state index in [2.05, 4.69) is 31.8 Å². The molecule has 1 rings (SSSR count). The minimum atomic E-state index is 0.925. The number of hydrogen-bond acceptors (Lipinski definition) is 1. The van der Waals surface area contributed by atoms with Gasteiger partial charge in [-0.3, -0.25) is 0 Å². The Bertz CT molecular complexity index is 304. The van der Waals surface area contributed by atoms with Crippen molar-refractivity contribution in [3.63, 3.8) is 0 Å². The Kier molecular flexibility index (Phi) is 6.59. The van der Waals surface area contributed by atoms with Crippen LogP contribution >= 0.6 is 0 Å². The Morgan fingerprint density at radius 2 is 2.00 bits per heavy atom. The molecule has 0 fully saturated rings. The fourth-order valence-electron chi connectivity index (χ4n) is 1.23. The van der Waals surface area contributed by atoms with E-state index in [1.807, 2.05) is 20.0 Å². The van der Waals surface area contributed by atoms with Crippen molar-refractivity contribution in [1.82, 2.24) is 4.98 Å². The number of aromatic nitrogens is 1. The van der Waals surface area contributed by atoms with Crippen LogP contribution in [-0.4, -0.2) is 12.1 Å². The summed E-state index contributed by atoms with van der Waals surface area (Å²) in [6.07, 6.45) is 5.00. The molecule has 0 unspecified atom stereocenters. The number of ether oxygens (including phenoxy) is 1. The number of H-pyrrole nitrogens is 1. The lowest BCUT2D eigenvalue weighted by Gasteiger charge is -2.02. The molecule has 0 aliphatic heterocycles. The van der Waals surface area contributed by atoms with E-state index in [0.29, 0.717) is 0 Å². The maximum atomic E-state index is 5.21. The summed E-state index contributed by atoms with van der Waals surface area (Å²) in [5.41, 5.74) is 3.73. The van der Waals surface area contributed by atoms with Crippen molar-refractivity contribution < 1.29 is 4.74 Å². The first-order valence-corrected chi connectivity index (χ1v) is 5.58. The second kappa shape index (κ2) is 7.16. The smallest absolute Gasteiger partial charge is 0.0973 e. The van der Waals surface area contributed by atoms with E-state index in [1.165, 1.54) is 11.1 Å². The number of aryl methyl sites for hydroxylation is 1. The maximum absolute atomic E-state index is 5.21. The van der Waals surface area contributed by atoms with Crippen LogP contribution in [0.4, 0.5) is 0 Å². The summed E-state index contributed by atoms with van der Waals surface area (Å²) in [7, 11) is 1.71. The van der Waals surface area contributed by atoms with Gasteiger partial charge in [-0.1, -0.05) is 20.8 Å². The maximum Gasteiger partial charge on any atom is 0.0973 e. The number of rotatable bonds is 3. The molecular formula is C13H23NO. The van der Waals surface area contributed by atoms with Crippen molar-refractivity contribution in [3.05, 3.63) is 28.8 Å². The van der Waals surface area contributed by atoms with E-state index in [9.17, 15) is 0 Å². The van der Waals surface area contributed by atoms with Crippen molar-refractivity contribution in [3.8, 4) is 0 Å². The van der Waals surface area contributed by atoms with Gasteiger partial charge in [-0.25, -0.2) is 0 Å². The van der Waals surface area contributed by atoms with Crippen LogP contribution < -0.4 is 0 Å². The van der Waals surface area contributed by atoms with Crippen LogP contribution in [0.15, 0.2) is 12.0 Å². The summed E-state index contributed by atoms with van der Waals surface area (Å²) in [6.45, 7) is 10.3. The van der Waals surface area contributed by atoms with Gasteiger partial charge in [0.1, 0.15) is 0 Å². The molecule has 0 bridgehead atoms. The van der Waals surface area contributed by atoms with E-state index in [4.69, 9.17) is 4.74 Å². The van der Waals surface area contributed by atoms with Gasteiger partial charge in [0.05, 0.1) is 12.9 Å². The number of nitrogens with one attached hydrogen (secondary N) is 1. The molecule has 0 aliphatic rings. The van der Waals surface area contributed by atoms with Crippen molar-refractivity contribution >= 4 is 6.08 Å². The van der Waals surface area contributed by atoms with Gasteiger partial charge in [0.2, 0.25) is 0 Å². The minimum Gasteiger partial charge on any atom is -0.501 e. The first kappa shape index (κ1) is 13.8. The van der Waals surface area contributed by atoms with Crippen molar-refractivity contribution in [2.75, 3.05) is 7.11 Å². The molecule has 1 aromatic heterocycles. The number of allylic oxidation sites excluding steroid dienone is 1. The molecule has 1 N–H and O–H groups in total. The molecule has 0 saturated carbocycles. The van der Waals surface area contributed by atoms with E-state index >= 15 is 0 Å². The molecule has 0 aromatic carbocycles. The topological polar surface area (TPSA) is 25.0 Å². The number of methoxy groups -OCH3 is 1. The van der Waals surface area contributed by atoms with Gasteiger partial charge in [0.25, 0.3) is 0 Å². The molecule has 15 heavy (non-hydrogen) atoms. The second-order valence-electron chi connectivity index (χ2n) is 3.18. The summed E-state index contributed by atoms with van der Waals surface area (Å²) in [4.78, 5) is 3.22. The lowest BCUT2D eigenvalue weighted by atomic mass is 10.1. The van der Waals surface area contributed by atoms with Crippen molar-refractivity contribution in [1.29, 1.82) is 0 Å². The fraction of sp³-hybridized carbons (Fsp3) is 0.538. The van der Waals surface area contributed by atoms with Crippen LogP contribution in [0, 0.1) is 13.8 Å². The molecule has 0 atom stereocenters. The van der Waals surface area contributed by atoms with Crippen LogP contribution in [0.5, 0.6) is 0 Å². The van der Waals surface area contributed by atoms with Crippen LogP contribution in [0.1, 0.15) is 44.0 Å². The predicted molar refractivity (Wildman–Crippen MR) is 66.9 cm³/mol. The van der Waals surface area contributed by atoms with Crippen LogP contribution in [-0.2, 0) is 4.74 Å². The lowest BCUT2D eigenvalue weighted by Crippen LogP contribution is -1.85. The van der Waals surface area contributed by atoms with Crippen LogP contribution in [0.2, 0.25) is 0 Å². The molecule has 0 amide bonds. The predicted octanol–water partition coefficient (Wildman–Crippen LogP) is 4.06. The molecule has 86 valence electrons. The van der Waals surface area contributed by atoms with E-state index in [0.717, 1.165) is 17.9 Å². The Morgan fingerprint density at radius 1 is 1.40 bits per heavy atom.